The molecule has 1 aromatic heterocycles. The van der Waals surface area contributed by atoms with Gasteiger partial charge in [0.2, 0.25) is 0 Å². The average molecular weight is 234 g/mol. The average Bonchev–Trinajstić information content (AvgIpc) is 2.66. The molecule has 1 unspecified atom stereocenters. The lowest BCUT2D eigenvalue weighted by Gasteiger charge is -2.35. The van der Waals surface area contributed by atoms with Gasteiger partial charge in [-0.25, -0.2) is 0 Å². The van der Waals surface area contributed by atoms with Crippen molar-refractivity contribution in [3.63, 3.8) is 0 Å². The van der Waals surface area contributed by atoms with Crippen molar-refractivity contribution in [3.8, 4) is 0 Å². The molecular weight excluding hydrogens is 212 g/mol. The van der Waals surface area contributed by atoms with E-state index < -0.39 is 0 Å². The lowest BCUT2D eigenvalue weighted by atomic mass is 9.83. The van der Waals surface area contributed by atoms with Crippen LogP contribution in [0.15, 0.2) is 0 Å². The zero-order chi connectivity index (χ0) is 11.8. The number of hydrogen-bond donors (Lipinski definition) is 2. The predicted octanol–water partition coefficient (Wildman–Crippen LogP) is 2.51. The highest BCUT2D eigenvalue weighted by Gasteiger charge is 2.29. The molecule has 2 aliphatic rings. The number of nitrogens with zero attached hydrogens (tertiary/aromatic N) is 2. The van der Waals surface area contributed by atoms with Gasteiger partial charge in [0.25, 0.3) is 0 Å². The lowest BCUT2D eigenvalue weighted by molar-refractivity contribution is 0.321. The minimum absolute atomic E-state index is 0.581. The number of aromatic nitrogens is 2. The van der Waals surface area contributed by atoms with Gasteiger partial charge in [-0.3, -0.25) is 4.68 Å². The van der Waals surface area contributed by atoms with Gasteiger partial charge in [-0.2, -0.15) is 5.10 Å². The topological polar surface area (TPSA) is 41.9 Å². The zero-order valence-corrected chi connectivity index (χ0v) is 10.8. The van der Waals surface area contributed by atoms with Crippen LogP contribution >= 0.6 is 0 Å². The molecule has 1 fully saturated rings. The normalized spacial score (nSPS) is 24.9. The Morgan fingerprint density at radius 3 is 2.76 bits per heavy atom. The van der Waals surface area contributed by atoms with Crippen molar-refractivity contribution in [1.29, 1.82) is 0 Å². The maximum absolute atomic E-state index is 4.46. The Balaban J connectivity index is 1.77. The van der Waals surface area contributed by atoms with E-state index in [0.29, 0.717) is 6.04 Å². The fraction of sp³-hybridized carbons (Fsp3) is 0.769. The van der Waals surface area contributed by atoms with Gasteiger partial charge in [0, 0.05) is 19.6 Å². The molecule has 1 aliphatic heterocycles. The fourth-order valence-electron chi connectivity index (χ4n) is 3.30. The Morgan fingerprint density at radius 2 is 2.00 bits per heavy atom. The summed E-state index contributed by atoms with van der Waals surface area (Å²) < 4.78 is 1.96. The summed E-state index contributed by atoms with van der Waals surface area (Å²) in [6.45, 7) is 3.11. The molecule has 0 radical (unpaired) electrons. The summed E-state index contributed by atoms with van der Waals surface area (Å²) in [6, 6.07) is 0.581. The van der Waals surface area contributed by atoms with Crippen molar-refractivity contribution in [2.24, 2.45) is 13.0 Å². The second-order valence-corrected chi connectivity index (χ2v) is 5.46. The van der Waals surface area contributed by atoms with E-state index >= 15 is 0 Å². The first-order chi connectivity index (χ1) is 8.25. The van der Waals surface area contributed by atoms with Crippen molar-refractivity contribution in [1.82, 2.24) is 9.78 Å². The van der Waals surface area contributed by atoms with Crippen LogP contribution in [-0.2, 0) is 7.05 Å². The third-order valence-corrected chi connectivity index (χ3v) is 4.26. The van der Waals surface area contributed by atoms with Crippen molar-refractivity contribution >= 4 is 11.5 Å². The number of hydrogen-bond acceptors (Lipinski definition) is 3. The summed E-state index contributed by atoms with van der Waals surface area (Å²) in [5, 5.41) is 11.7. The van der Waals surface area contributed by atoms with Crippen LogP contribution in [0.25, 0.3) is 0 Å². The van der Waals surface area contributed by atoms with Crippen molar-refractivity contribution in [2.75, 3.05) is 17.2 Å². The second kappa shape index (κ2) is 4.24. The van der Waals surface area contributed by atoms with E-state index in [1.807, 2.05) is 11.7 Å². The molecule has 17 heavy (non-hydrogen) atoms. The molecule has 0 aromatic carbocycles. The molecular formula is C13H22N4. The monoisotopic (exact) mass is 234 g/mol. The molecule has 0 saturated heterocycles. The number of nitrogens with one attached hydrogen (secondary N) is 2. The first kappa shape index (κ1) is 10.9. The molecule has 1 atom stereocenters. The summed E-state index contributed by atoms with van der Waals surface area (Å²) in [7, 11) is 2.02. The van der Waals surface area contributed by atoms with Crippen LogP contribution in [0.3, 0.4) is 0 Å². The highest BCUT2D eigenvalue weighted by molar-refractivity contribution is 5.70. The molecule has 3 rings (SSSR count). The molecule has 1 saturated carbocycles. The molecule has 0 amide bonds. The van der Waals surface area contributed by atoms with Crippen molar-refractivity contribution < 1.29 is 0 Å². The van der Waals surface area contributed by atoms with Gasteiger partial charge in [-0.1, -0.05) is 19.3 Å². The fourth-order valence-corrected chi connectivity index (χ4v) is 3.30. The zero-order valence-electron chi connectivity index (χ0n) is 10.8. The quantitative estimate of drug-likeness (QED) is 0.784. The summed E-state index contributed by atoms with van der Waals surface area (Å²) in [4.78, 5) is 0. The van der Waals surface area contributed by atoms with Gasteiger partial charge in [-0.15, -0.1) is 0 Å². The third-order valence-electron chi connectivity index (χ3n) is 4.26. The van der Waals surface area contributed by atoms with Gasteiger partial charge >= 0.3 is 0 Å². The van der Waals surface area contributed by atoms with Crippen molar-refractivity contribution in [3.05, 3.63) is 5.69 Å². The smallest absolute Gasteiger partial charge is 0.148 e. The van der Waals surface area contributed by atoms with Gasteiger partial charge < -0.3 is 10.6 Å². The SMILES string of the molecule is Cc1nn(C)c2c1NCC(C1CCCCC1)N2. The maximum atomic E-state index is 4.46. The van der Waals surface area contributed by atoms with E-state index in [1.165, 1.54) is 43.6 Å². The Labute approximate surface area is 103 Å². The molecule has 4 heteroatoms. The Morgan fingerprint density at radius 1 is 1.24 bits per heavy atom. The predicted molar refractivity (Wildman–Crippen MR) is 70.4 cm³/mol. The van der Waals surface area contributed by atoms with Crippen LogP contribution in [0.1, 0.15) is 37.8 Å². The first-order valence-corrected chi connectivity index (χ1v) is 6.79. The minimum Gasteiger partial charge on any atom is -0.378 e. The number of aryl methyl sites for hydroxylation is 2. The molecule has 4 nitrogen and oxygen atoms in total. The van der Waals surface area contributed by atoms with E-state index in [-0.39, 0.29) is 0 Å². The van der Waals surface area contributed by atoms with Gasteiger partial charge in [-0.05, 0) is 25.7 Å². The maximum Gasteiger partial charge on any atom is 0.148 e. The largest absolute Gasteiger partial charge is 0.378 e. The van der Waals surface area contributed by atoms with Crippen LogP contribution < -0.4 is 10.6 Å². The molecule has 0 bridgehead atoms. The van der Waals surface area contributed by atoms with E-state index in [4.69, 9.17) is 0 Å². The van der Waals surface area contributed by atoms with Crippen LogP contribution in [0.2, 0.25) is 0 Å². The molecule has 1 aliphatic carbocycles. The molecule has 2 heterocycles. The Bertz CT molecular complexity index is 404. The number of rotatable bonds is 1. The molecule has 2 N–H and O–H groups in total. The van der Waals surface area contributed by atoms with E-state index in [9.17, 15) is 0 Å². The third kappa shape index (κ3) is 1.90. The Kier molecular flexibility index (Phi) is 2.73. The first-order valence-electron chi connectivity index (χ1n) is 6.79. The van der Waals surface area contributed by atoms with Crippen LogP contribution in [0.5, 0.6) is 0 Å². The molecule has 0 spiro atoms. The van der Waals surface area contributed by atoms with Crippen LogP contribution in [-0.4, -0.2) is 22.4 Å². The highest BCUT2D eigenvalue weighted by atomic mass is 15.3. The van der Waals surface area contributed by atoms with Crippen molar-refractivity contribution in [2.45, 2.75) is 45.1 Å². The second-order valence-electron chi connectivity index (χ2n) is 5.46. The summed E-state index contributed by atoms with van der Waals surface area (Å²) in [5.41, 5.74) is 2.29. The Hall–Kier alpha value is -1.19. The summed E-state index contributed by atoms with van der Waals surface area (Å²) in [6.07, 6.45) is 6.99. The summed E-state index contributed by atoms with van der Waals surface area (Å²) in [5.74, 6) is 2.00. The number of fused-ring (bicyclic) bond motifs is 1. The van der Waals surface area contributed by atoms with Crippen LogP contribution in [0.4, 0.5) is 11.5 Å². The standard InChI is InChI=1S/C13H22N4/c1-9-12-13(17(2)16-9)15-11(8-14-12)10-6-4-3-5-7-10/h10-11,14-15H,3-8H2,1-2H3. The van der Waals surface area contributed by atoms with E-state index in [0.717, 1.165) is 18.2 Å². The highest BCUT2D eigenvalue weighted by Crippen LogP contribution is 2.34. The van der Waals surface area contributed by atoms with Gasteiger partial charge in [0.05, 0.1) is 5.69 Å². The van der Waals surface area contributed by atoms with E-state index in [2.05, 4.69) is 22.7 Å². The van der Waals surface area contributed by atoms with Gasteiger partial charge in [0.1, 0.15) is 11.5 Å². The minimum atomic E-state index is 0.581. The molecule has 1 aromatic rings. The lowest BCUT2D eigenvalue weighted by Crippen LogP contribution is -2.40. The number of anilines is 2. The summed E-state index contributed by atoms with van der Waals surface area (Å²) >= 11 is 0. The van der Waals surface area contributed by atoms with Crippen LogP contribution in [0, 0.1) is 12.8 Å². The molecule has 94 valence electrons. The van der Waals surface area contributed by atoms with Gasteiger partial charge in [0.15, 0.2) is 0 Å². The van der Waals surface area contributed by atoms with E-state index in [1.54, 1.807) is 0 Å².